The van der Waals surface area contributed by atoms with Gasteiger partial charge in [-0.25, -0.2) is 0 Å². The van der Waals surface area contributed by atoms with Crippen LogP contribution < -0.4 is 5.73 Å². The van der Waals surface area contributed by atoms with Gasteiger partial charge in [0.1, 0.15) is 11.8 Å². The number of non-ortho nitro benzene ring substituents is 1. The molecule has 0 spiro atoms. The van der Waals surface area contributed by atoms with E-state index >= 15 is 0 Å². The van der Waals surface area contributed by atoms with Gasteiger partial charge in [-0.05, 0) is 61.4 Å². The second-order valence-corrected chi connectivity index (χ2v) is 10.4. The summed E-state index contributed by atoms with van der Waals surface area (Å²) >= 11 is 1.40. The van der Waals surface area contributed by atoms with Gasteiger partial charge in [0.2, 0.25) is 17.6 Å². The normalized spacial score (nSPS) is 23.6. The molecule has 1 saturated heterocycles. The molecule has 0 bridgehead atoms. The average molecular weight is 508 g/mol. The quantitative estimate of drug-likeness (QED) is 0.288. The van der Waals surface area contributed by atoms with Crippen LogP contribution in [0.3, 0.4) is 0 Å². The summed E-state index contributed by atoms with van der Waals surface area (Å²) in [5, 5.41) is 13.5. The van der Waals surface area contributed by atoms with E-state index in [1.54, 1.807) is 25.1 Å². The molecule has 2 aromatic heterocycles. The lowest BCUT2D eigenvalue weighted by molar-refractivity contribution is -0.385. The minimum Gasteiger partial charge on any atom is -0.458 e. The van der Waals surface area contributed by atoms with Gasteiger partial charge in [-0.1, -0.05) is 12.1 Å². The highest BCUT2D eigenvalue weighted by Crippen LogP contribution is 2.54. The van der Waals surface area contributed by atoms with Crippen LogP contribution in [0.15, 0.2) is 52.3 Å². The molecular formula is C26H25N3O6S. The molecule has 2 fully saturated rings. The van der Waals surface area contributed by atoms with Gasteiger partial charge in [0.05, 0.1) is 16.9 Å². The van der Waals surface area contributed by atoms with E-state index < -0.39 is 34.7 Å². The van der Waals surface area contributed by atoms with E-state index in [0.717, 1.165) is 10.4 Å². The molecule has 4 atom stereocenters. The second kappa shape index (κ2) is 9.02. The van der Waals surface area contributed by atoms with Gasteiger partial charge in [0.25, 0.3) is 5.69 Å². The first kappa shape index (κ1) is 23.9. The van der Waals surface area contributed by atoms with Crippen LogP contribution in [0.25, 0.3) is 0 Å². The molecule has 2 N–H and O–H groups in total. The molecule has 2 amide bonds. The minimum absolute atomic E-state index is 0.107. The van der Waals surface area contributed by atoms with Gasteiger partial charge in [-0.15, -0.1) is 11.3 Å². The number of hydrogen-bond donors (Lipinski definition) is 1. The number of nitrogens with two attached hydrogens (primary N) is 1. The smallest absolute Gasteiger partial charge is 0.269 e. The van der Waals surface area contributed by atoms with Gasteiger partial charge < -0.3 is 15.1 Å². The first-order chi connectivity index (χ1) is 17.2. The summed E-state index contributed by atoms with van der Waals surface area (Å²) in [6.45, 7) is 3.61. The minimum atomic E-state index is -1.09. The molecule has 3 aromatic rings. The first-order valence-electron chi connectivity index (χ1n) is 11.7. The highest BCUT2D eigenvalue weighted by atomic mass is 32.1. The molecule has 4 unspecified atom stereocenters. The van der Waals surface area contributed by atoms with E-state index in [1.165, 1.54) is 34.4 Å². The number of nitrogens with zero attached hydrogens (tertiary/aromatic N) is 2. The van der Waals surface area contributed by atoms with Crippen molar-refractivity contribution in [2.24, 2.45) is 17.6 Å². The second-order valence-electron chi connectivity index (χ2n) is 9.46. The van der Waals surface area contributed by atoms with Gasteiger partial charge in [0, 0.05) is 28.8 Å². The van der Waals surface area contributed by atoms with Crippen LogP contribution in [-0.4, -0.2) is 33.5 Å². The van der Waals surface area contributed by atoms with Crippen molar-refractivity contribution >= 4 is 34.6 Å². The number of hydrogen-bond acceptors (Lipinski definition) is 7. The SMILES string of the molecule is Cc1ccc(C(=O)C2C(c3sccc3C)C(C(N)=O)N(C(=O)C3CC3)C2c2cccc([N+](=O)[O-])c2)o1. The summed E-state index contributed by atoms with van der Waals surface area (Å²) in [6, 6.07) is 9.02. The van der Waals surface area contributed by atoms with Crippen LogP contribution >= 0.6 is 11.3 Å². The van der Waals surface area contributed by atoms with E-state index in [-0.39, 0.29) is 29.1 Å². The Kier molecular flexibility index (Phi) is 5.99. The lowest BCUT2D eigenvalue weighted by atomic mass is 9.79. The summed E-state index contributed by atoms with van der Waals surface area (Å²) in [5.41, 5.74) is 7.06. The number of likely N-dealkylation sites (tertiary alicyclic amines) is 1. The molecule has 5 rings (SSSR count). The zero-order valence-corrected chi connectivity index (χ0v) is 20.6. The maximum absolute atomic E-state index is 14.1. The Morgan fingerprint density at radius 1 is 1.14 bits per heavy atom. The molecule has 2 aliphatic rings. The van der Waals surface area contributed by atoms with Crippen molar-refractivity contribution < 1.29 is 23.7 Å². The largest absolute Gasteiger partial charge is 0.458 e. The van der Waals surface area contributed by atoms with Gasteiger partial charge in [0.15, 0.2) is 5.76 Å². The molecule has 10 heteroatoms. The summed E-state index contributed by atoms with van der Waals surface area (Å²) < 4.78 is 5.68. The monoisotopic (exact) mass is 507 g/mol. The summed E-state index contributed by atoms with van der Waals surface area (Å²) in [5.74, 6) is -2.64. The van der Waals surface area contributed by atoms with Crippen molar-refractivity contribution in [1.29, 1.82) is 0 Å². The Hall–Kier alpha value is -3.79. The van der Waals surface area contributed by atoms with Crippen LogP contribution in [0.2, 0.25) is 0 Å². The number of ketones is 1. The van der Waals surface area contributed by atoms with Gasteiger partial charge in [-0.3, -0.25) is 24.5 Å². The maximum Gasteiger partial charge on any atom is 0.269 e. The molecular weight excluding hydrogens is 482 g/mol. The predicted octanol–water partition coefficient (Wildman–Crippen LogP) is 4.30. The number of rotatable bonds is 7. The van der Waals surface area contributed by atoms with E-state index in [1.807, 2.05) is 18.4 Å². The Morgan fingerprint density at radius 2 is 1.89 bits per heavy atom. The molecule has 1 aliphatic heterocycles. The van der Waals surface area contributed by atoms with E-state index in [4.69, 9.17) is 10.2 Å². The van der Waals surface area contributed by atoms with Crippen molar-refractivity contribution in [2.75, 3.05) is 0 Å². The number of nitro groups is 1. The standard InChI is InChI=1S/C26H25N3O6S/c1-13-10-11-36-24(13)20-19(23(30)18-9-6-14(2)35-18)21(16-4-3-5-17(12-16)29(33)34)28(22(20)25(27)31)26(32)15-7-8-15/h3-6,9-12,15,19-22H,7-8H2,1-2H3,(H2,27,31). The zero-order valence-electron chi connectivity index (χ0n) is 19.7. The number of amides is 2. The summed E-state index contributed by atoms with van der Waals surface area (Å²) in [6.07, 6.45) is 1.36. The van der Waals surface area contributed by atoms with Crippen molar-refractivity contribution in [1.82, 2.24) is 4.90 Å². The topological polar surface area (TPSA) is 137 Å². The zero-order chi connectivity index (χ0) is 25.7. The van der Waals surface area contributed by atoms with Crippen LogP contribution in [0.4, 0.5) is 5.69 Å². The molecule has 186 valence electrons. The summed E-state index contributed by atoms with van der Waals surface area (Å²) in [4.78, 5) is 54.1. The molecule has 1 aromatic carbocycles. The van der Waals surface area contributed by atoms with E-state index in [0.29, 0.717) is 24.2 Å². The summed E-state index contributed by atoms with van der Waals surface area (Å²) in [7, 11) is 0. The fraction of sp³-hybridized carbons (Fsp3) is 0.346. The third-order valence-electron chi connectivity index (χ3n) is 7.05. The Bertz CT molecular complexity index is 1370. The van der Waals surface area contributed by atoms with E-state index in [9.17, 15) is 24.5 Å². The molecule has 36 heavy (non-hydrogen) atoms. The molecule has 3 heterocycles. The highest BCUT2D eigenvalue weighted by Gasteiger charge is 2.59. The lowest BCUT2D eigenvalue weighted by Gasteiger charge is -2.30. The Labute approximate surface area is 211 Å². The number of thiophene rings is 1. The van der Waals surface area contributed by atoms with Crippen molar-refractivity contribution in [2.45, 2.75) is 44.7 Å². The maximum atomic E-state index is 14.1. The Morgan fingerprint density at radius 3 is 2.44 bits per heavy atom. The van der Waals surface area contributed by atoms with Gasteiger partial charge in [-0.2, -0.15) is 0 Å². The van der Waals surface area contributed by atoms with Crippen LogP contribution in [0.5, 0.6) is 0 Å². The predicted molar refractivity (Wildman–Crippen MR) is 131 cm³/mol. The number of furan rings is 1. The number of benzene rings is 1. The fourth-order valence-corrected chi connectivity index (χ4v) is 6.41. The molecule has 1 saturated carbocycles. The number of Topliss-reactive ketones (excluding diaryl/α,β-unsaturated/α-hetero) is 1. The van der Waals surface area contributed by atoms with Gasteiger partial charge >= 0.3 is 0 Å². The number of primary amides is 1. The van der Waals surface area contributed by atoms with Crippen LogP contribution in [0, 0.1) is 35.8 Å². The molecule has 1 aliphatic carbocycles. The first-order valence-corrected chi connectivity index (χ1v) is 12.6. The van der Waals surface area contributed by atoms with Crippen molar-refractivity contribution in [3.63, 3.8) is 0 Å². The average Bonchev–Trinajstić information content (AvgIpc) is 3.31. The third-order valence-corrected chi connectivity index (χ3v) is 8.17. The van der Waals surface area contributed by atoms with E-state index in [2.05, 4.69) is 0 Å². The number of carbonyl (C=O) groups is 3. The third kappa shape index (κ3) is 4.01. The number of nitro benzene ring substituents is 1. The number of carbonyl (C=O) groups excluding carboxylic acids is 3. The van der Waals surface area contributed by atoms with Crippen LogP contribution in [-0.2, 0) is 9.59 Å². The lowest BCUT2D eigenvalue weighted by Crippen LogP contribution is -2.47. The van der Waals surface area contributed by atoms with Crippen molar-refractivity contribution in [3.8, 4) is 0 Å². The van der Waals surface area contributed by atoms with Crippen molar-refractivity contribution in [3.05, 3.63) is 85.5 Å². The molecule has 0 radical (unpaired) electrons. The van der Waals surface area contributed by atoms with Crippen LogP contribution in [0.1, 0.15) is 57.1 Å². The highest BCUT2D eigenvalue weighted by molar-refractivity contribution is 7.10. The molecule has 9 nitrogen and oxygen atoms in total. The Balaban J connectivity index is 1.76. The number of aryl methyl sites for hydroxylation is 2. The fourth-order valence-electron chi connectivity index (χ4n) is 5.30.